The van der Waals surface area contributed by atoms with E-state index in [-0.39, 0.29) is 5.96 Å². The minimum Gasteiger partial charge on any atom is -0.408 e. The van der Waals surface area contributed by atoms with Gasteiger partial charge < -0.3 is 20.6 Å². The molecule has 1 heterocycles. The molecule has 0 radical (unpaired) electrons. The largest absolute Gasteiger partial charge is 0.408 e. The van der Waals surface area contributed by atoms with Crippen molar-refractivity contribution in [2.45, 2.75) is 0 Å². The SMILES string of the molecule is N/C(=N/O)N1CCOCC1. The summed E-state index contributed by atoms with van der Waals surface area (Å²) in [6.07, 6.45) is 0. The first kappa shape index (κ1) is 7.14. The molecule has 0 aromatic heterocycles. The summed E-state index contributed by atoms with van der Waals surface area (Å²) in [4.78, 5) is 1.77. The van der Waals surface area contributed by atoms with Gasteiger partial charge in [0.1, 0.15) is 0 Å². The second-order valence-electron chi connectivity index (χ2n) is 2.06. The third-order valence-electron chi connectivity index (χ3n) is 1.44. The third-order valence-corrected chi connectivity index (χ3v) is 1.44. The third kappa shape index (κ3) is 1.51. The average Bonchev–Trinajstić information content (AvgIpc) is 2.05. The van der Waals surface area contributed by atoms with E-state index >= 15 is 0 Å². The van der Waals surface area contributed by atoms with Crippen LogP contribution in [-0.4, -0.2) is 42.4 Å². The van der Waals surface area contributed by atoms with Gasteiger partial charge in [-0.3, -0.25) is 0 Å². The quantitative estimate of drug-likeness (QED) is 0.199. The van der Waals surface area contributed by atoms with Crippen molar-refractivity contribution in [3.05, 3.63) is 0 Å². The zero-order valence-corrected chi connectivity index (χ0v) is 5.66. The van der Waals surface area contributed by atoms with Crippen LogP contribution < -0.4 is 5.73 Å². The Morgan fingerprint density at radius 1 is 1.50 bits per heavy atom. The summed E-state index contributed by atoms with van der Waals surface area (Å²) in [5, 5.41) is 11.1. The summed E-state index contributed by atoms with van der Waals surface area (Å²) in [5.41, 5.74) is 5.32. The molecule has 5 heteroatoms. The monoisotopic (exact) mass is 145 g/mol. The first-order chi connectivity index (χ1) is 4.84. The minimum absolute atomic E-state index is 0.170. The number of hydrogen-bond acceptors (Lipinski definition) is 3. The predicted molar refractivity (Wildman–Crippen MR) is 35.8 cm³/mol. The Labute approximate surface area is 59.1 Å². The highest BCUT2D eigenvalue weighted by atomic mass is 16.5. The maximum Gasteiger partial charge on any atom is 0.233 e. The van der Waals surface area contributed by atoms with Crippen LogP contribution in [0.1, 0.15) is 0 Å². The molecule has 0 aromatic carbocycles. The van der Waals surface area contributed by atoms with Crippen LogP contribution in [0.3, 0.4) is 0 Å². The minimum atomic E-state index is 0.170. The van der Waals surface area contributed by atoms with Gasteiger partial charge in [0, 0.05) is 13.1 Å². The van der Waals surface area contributed by atoms with Gasteiger partial charge in [-0.1, -0.05) is 5.16 Å². The van der Waals surface area contributed by atoms with Gasteiger partial charge in [0.05, 0.1) is 13.2 Å². The van der Waals surface area contributed by atoms with Gasteiger partial charge in [0.15, 0.2) is 0 Å². The summed E-state index contributed by atoms with van der Waals surface area (Å²) in [7, 11) is 0. The Hall–Kier alpha value is -0.970. The van der Waals surface area contributed by atoms with Crippen molar-refractivity contribution in [3.63, 3.8) is 0 Å². The number of nitrogens with two attached hydrogens (primary N) is 1. The van der Waals surface area contributed by atoms with Crippen molar-refractivity contribution in [3.8, 4) is 0 Å². The van der Waals surface area contributed by atoms with Crippen molar-refractivity contribution in [2.24, 2.45) is 10.9 Å². The molecule has 1 rings (SSSR count). The lowest BCUT2D eigenvalue weighted by Gasteiger charge is -2.26. The zero-order valence-electron chi connectivity index (χ0n) is 5.66. The molecule has 5 nitrogen and oxygen atoms in total. The molecule has 1 fully saturated rings. The normalized spacial score (nSPS) is 21.2. The van der Waals surface area contributed by atoms with Crippen LogP contribution >= 0.6 is 0 Å². The topological polar surface area (TPSA) is 71.1 Å². The number of oxime groups is 1. The summed E-state index contributed by atoms with van der Waals surface area (Å²) in [6.45, 7) is 2.71. The van der Waals surface area contributed by atoms with E-state index in [1.807, 2.05) is 0 Å². The Morgan fingerprint density at radius 3 is 2.60 bits per heavy atom. The smallest absolute Gasteiger partial charge is 0.233 e. The molecule has 0 unspecified atom stereocenters. The predicted octanol–water partition coefficient (Wildman–Crippen LogP) is -0.978. The maximum atomic E-state index is 8.27. The van der Waals surface area contributed by atoms with Crippen LogP contribution in [0.4, 0.5) is 0 Å². The van der Waals surface area contributed by atoms with Crippen molar-refractivity contribution in [2.75, 3.05) is 26.3 Å². The van der Waals surface area contributed by atoms with E-state index in [4.69, 9.17) is 15.7 Å². The van der Waals surface area contributed by atoms with Gasteiger partial charge in [-0.25, -0.2) is 0 Å². The molecule has 0 amide bonds. The summed E-state index contributed by atoms with van der Waals surface area (Å²) in [6, 6.07) is 0. The Bertz CT molecular complexity index is 131. The molecule has 3 N–H and O–H groups in total. The molecule has 0 aliphatic carbocycles. The van der Waals surface area contributed by atoms with Gasteiger partial charge in [-0.05, 0) is 0 Å². The lowest BCUT2D eigenvalue weighted by atomic mass is 10.4. The van der Waals surface area contributed by atoms with Gasteiger partial charge in [0.2, 0.25) is 5.96 Å². The number of guanidine groups is 1. The highest BCUT2D eigenvalue weighted by Crippen LogP contribution is 1.94. The molecule has 0 atom stereocenters. The lowest BCUT2D eigenvalue weighted by Crippen LogP contribution is -2.44. The molecule has 1 saturated heterocycles. The van der Waals surface area contributed by atoms with Gasteiger partial charge in [-0.2, -0.15) is 0 Å². The fraction of sp³-hybridized carbons (Fsp3) is 0.800. The van der Waals surface area contributed by atoms with Crippen LogP contribution in [0, 0.1) is 0 Å². The summed E-state index contributed by atoms with van der Waals surface area (Å²) in [5.74, 6) is 0.170. The molecular formula is C5H11N3O2. The Morgan fingerprint density at radius 2 is 2.10 bits per heavy atom. The van der Waals surface area contributed by atoms with Crippen molar-refractivity contribution < 1.29 is 9.94 Å². The molecule has 0 spiro atoms. The Kier molecular flexibility index (Phi) is 2.33. The number of hydrogen-bond donors (Lipinski definition) is 2. The van der Waals surface area contributed by atoms with E-state index in [1.54, 1.807) is 4.90 Å². The summed E-state index contributed by atoms with van der Waals surface area (Å²) < 4.78 is 5.06. The second-order valence-corrected chi connectivity index (χ2v) is 2.06. The standard InChI is InChI=1S/C5H11N3O2/c6-5(7-9)8-1-3-10-4-2-8/h9H,1-4H2,(H2,6,7). The summed E-state index contributed by atoms with van der Waals surface area (Å²) >= 11 is 0. The lowest BCUT2D eigenvalue weighted by molar-refractivity contribution is 0.0660. The van der Waals surface area contributed by atoms with E-state index in [1.165, 1.54) is 0 Å². The van der Waals surface area contributed by atoms with Gasteiger partial charge in [-0.15, -0.1) is 0 Å². The molecule has 1 aliphatic rings. The van der Waals surface area contributed by atoms with Crippen LogP contribution in [-0.2, 0) is 4.74 Å². The number of ether oxygens (including phenoxy) is 1. The maximum absolute atomic E-state index is 8.27. The average molecular weight is 145 g/mol. The van der Waals surface area contributed by atoms with Crippen LogP contribution in [0.25, 0.3) is 0 Å². The number of nitrogens with zero attached hydrogens (tertiary/aromatic N) is 2. The molecule has 10 heavy (non-hydrogen) atoms. The van der Waals surface area contributed by atoms with Gasteiger partial charge >= 0.3 is 0 Å². The van der Waals surface area contributed by atoms with Crippen molar-refractivity contribution >= 4 is 5.96 Å². The van der Waals surface area contributed by atoms with E-state index in [0.717, 1.165) is 0 Å². The van der Waals surface area contributed by atoms with Crippen LogP contribution in [0.15, 0.2) is 5.16 Å². The van der Waals surface area contributed by atoms with Crippen molar-refractivity contribution in [1.82, 2.24) is 4.90 Å². The number of morpholine rings is 1. The first-order valence-electron chi connectivity index (χ1n) is 3.15. The van der Waals surface area contributed by atoms with E-state index in [2.05, 4.69) is 5.16 Å². The van der Waals surface area contributed by atoms with E-state index in [0.29, 0.717) is 26.3 Å². The molecule has 0 saturated carbocycles. The van der Waals surface area contributed by atoms with E-state index in [9.17, 15) is 0 Å². The molecular weight excluding hydrogens is 134 g/mol. The molecule has 1 aliphatic heterocycles. The highest BCUT2D eigenvalue weighted by Gasteiger charge is 2.11. The Balaban J connectivity index is 2.39. The highest BCUT2D eigenvalue weighted by molar-refractivity contribution is 5.77. The zero-order chi connectivity index (χ0) is 7.40. The van der Waals surface area contributed by atoms with Gasteiger partial charge in [0.25, 0.3) is 0 Å². The second kappa shape index (κ2) is 3.26. The number of rotatable bonds is 0. The fourth-order valence-electron chi connectivity index (χ4n) is 0.856. The van der Waals surface area contributed by atoms with Crippen LogP contribution in [0.2, 0.25) is 0 Å². The molecule has 0 aromatic rings. The fourth-order valence-corrected chi connectivity index (χ4v) is 0.856. The van der Waals surface area contributed by atoms with Crippen molar-refractivity contribution in [1.29, 1.82) is 0 Å². The first-order valence-corrected chi connectivity index (χ1v) is 3.15. The van der Waals surface area contributed by atoms with E-state index < -0.39 is 0 Å². The molecule has 0 bridgehead atoms. The van der Waals surface area contributed by atoms with Crippen LogP contribution in [0.5, 0.6) is 0 Å². The molecule has 58 valence electrons.